The number of anilines is 1. The van der Waals surface area contributed by atoms with Crippen LogP contribution in [0.1, 0.15) is 28.9 Å². The number of rotatable bonds is 5. The van der Waals surface area contributed by atoms with E-state index in [-0.39, 0.29) is 29.0 Å². The first-order valence-electron chi connectivity index (χ1n) is 9.17. The van der Waals surface area contributed by atoms with Gasteiger partial charge < -0.3 is 10.6 Å². The highest BCUT2D eigenvalue weighted by Gasteiger charge is 2.29. The molecule has 2 N–H and O–H groups in total. The Hall–Kier alpha value is -3.48. The Balaban J connectivity index is 1.46. The minimum atomic E-state index is -0.349. The predicted molar refractivity (Wildman–Crippen MR) is 106 cm³/mol. The van der Waals surface area contributed by atoms with Crippen molar-refractivity contribution in [3.8, 4) is 0 Å². The molecule has 0 bridgehead atoms. The maximum Gasteiger partial charge on any atom is 0.274 e. The number of benzene rings is 2. The van der Waals surface area contributed by atoms with Crippen LogP contribution in [0.5, 0.6) is 0 Å². The lowest BCUT2D eigenvalue weighted by Gasteiger charge is -2.10. The van der Waals surface area contributed by atoms with Gasteiger partial charge in [0, 0.05) is 30.6 Å². The molecular formula is C21H20N4O3. The molecule has 0 radical (unpaired) electrons. The van der Waals surface area contributed by atoms with Gasteiger partial charge in [0.2, 0.25) is 5.91 Å². The summed E-state index contributed by atoms with van der Waals surface area (Å²) in [5.41, 5.74) is 1.62. The van der Waals surface area contributed by atoms with Gasteiger partial charge in [-0.25, -0.2) is 4.68 Å². The zero-order valence-electron chi connectivity index (χ0n) is 15.4. The van der Waals surface area contributed by atoms with Crippen LogP contribution in [0.3, 0.4) is 0 Å². The standard InChI is InChI=1S/C21H20N4O3/c1-25-21(28)17-5-3-2-4-16(17)18(24-25)20(27)22-12-13-6-10-15(11-7-13)23-19(26)14-8-9-14/h2-7,10-11,14H,8-9,12H2,1H3,(H,22,27)(H,23,26). The summed E-state index contributed by atoms with van der Waals surface area (Å²) in [7, 11) is 1.53. The minimum absolute atomic E-state index is 0.0636. The predicted octanol–water partition coefficient (Wildman–Crippen LogP) is 2.21. The average molecular weight is 376 g/mol. The van der Waals surface area contributed by atoms with E-state index in [1.165, 1.54) is 11.7 Å². The van der Waals surface area contributed by atoms with Crippen molar-refractivity contribution in [1.29, 1.82) is 0 Å². The third-order valence-corrected chi connectivity index (χ3v) is 4.79. The van der Waals surface area contributed by atoms with Crippen molar-refractivity contribution in [2.75, 3.05) is 5.32 Å². The molecule has 0 atom stereocenters. The highest BCUT2D eigenvalue weighted by molar-refractivity contribution is 6.04. The number of carbonyl (C=O) groups excluding carboxylic acids is 2. The molecule has 3 aromatic rings. The SMILES string of the molecule is Cn1nc(C(=O)NCc2ccc(NC(=O)C3CC3)cc2)c2ccccc2c1=O. The first-order valence-corrected chi connectivity index (χ1v) is 9.17. The van der Waals surface area contributed by atoms with E-state index in [2.05, 4.69) is 15.7 Å². The van der Waals surface area contributed by atoms with Crippen molar-refractivity contribution in [3.63, 3.8) is 0 Å². The Kier molecular flexibility index (Phi) is 4.65. The molecule has 28 heavy (non-hydrogen) atoms. The molecule has 142 valence electrons. The molecule has 2 aromatic carbocycles. The van der Waals surface area contributed by atoms with Crippen molar-refractivity contribution in [3.05, 3.63) is 70.1 Å². The van der Waals surface area contributed by atoms with Crippen LogP contribution in [0.15, 0.2) is 53.3 Å². The number of carbonyl (C=O) groups is 2. The van der Waals surface area contributed by atoms with Crippen LogP contribution < -0.4 is 16.2 Å². The lowest BCUT2D eigenvalue weighted by molar-refractivity contribution is -0.117. The fourth-order valence-electron chi connectivity index (χ4n) is 3.03. The zero-order valence-corrected chi connectivity index (χ0v) is 15.4. The number of aryl methyl sites for hydroxylation is 1. The van der Waals surface area contributed by atoms with Crippen LogP contribution in [0.4, 0.5) is 5.69 Å². The van der Waals surface area contributed by atoms with Crippen molar-refractivity contribution in [1.82, 2.24) is 15.1 Å². The van der Waals surface area contributed by atoms with Gasteiger partial charge in [-0.3, -0.25) is 14.4 Å². The van der Waals surface area contributed by atoms with Gasteiger partial charge in [-0.1, -0.05) is 30.3 Å². The molecule has 0 saturated heterocycles. The lowest BCUT2D eigenvalue weighted by atomic mass is 10.1. The number of aromatic nitrogens is 2. The van der Waals surface area contributed by atoms with Crippen molar-refractivity contribution >= 4 is 28.3 Å². The molecule has 7 nitrogen and oxygen atoms in total. The quantitative estimate of drug-likeness (QED) is 0.714. The summed E-state index contributed by atoms with van der Waals surface area (Å²) in [5.74, 6) is -0.130. The van der Waals surface area contributed by atoms with Gasteiger partial charge >= 0.3 is 0 Å². The molecule has 1 fully saturated rings. The Bertz CT molecular complexity index is 1110. The summed E-state index contributed by atoms with van der Waals surface area (Å²) in [6.07, 6.45) is 1.92. The van der Waals surface area contributed by atoms with E-state index in [1.807, 2.05) is 24.3 Å². The summed E-state index contributed by atoms with van der Waals surface area (Å²) in [4.78, 5) is 36.6. The summed E-state index contributed by atoms with van der Waals surface area (Å²) in [6, 6.07) is 14.3. The third kappa shape index (κ3) is 3.64. The normalized spacial score (nSPS) is 13.3. The van der Waals surface area contributed by atoms with Crippen LogP contribution in [0, 0.1) is 5.92 Å². The van der Waals surface area contributed by atoms with Crippen LogP contribution in [0.25, 0.3) is 10.8 Å². The van der Waals surface area contributed by atoms with Crippen LogP contribution in [-0.4, -0.2) is 21.6 Å². The maximum absolute atomic E-state index is 12.6. The van der Waals surface area contributed by atoms with E-state index in [0.29, 0.717) is 17.3 Å². The summed E-state index contributed by atoms with van der Waals surface area (Å²) in [5, 5.41) is 10.8. The van der Waals surface area contributed by atoms with Crippen LogP contribution in [0.2, 0.25) is 0 Å². The third-order valence-electron chi connectivity index (χ3n) is 4.79. The number of amides is 2. The number of nitrogens with one attached hydrogen (secondary N) is 2. The van der Waals surface area contributed by atoms with Gasteiger partial charge in [-0.15, -0.1) is 0 Å². The molecule has 0 unspecified atom stereocenters. The molecule has 1 aliphatic carbocycles. The highest BCUT2D eigenvalue weighted by atomic mass is 16.2. The number of hydrogen-bond acceptors (Lipinski definition) is 4. The fraction of sp³-hybridized carbons (Fsp3) is 0.238. The number of nitrogens with zero attached hydrogens (tertiary/aromatic N) is 2. The highest BCUT2D eigenvalue weighted by Crippen LogP contribution is 2.30. The second-order valence-corrected chi connectivity index (χ2v) is 6.97. The topological polar surface area (TPSA) is 93.1 Å². The monoisotopic (exact) mass is 376 g/mol. The molecule has 2 amide bonds. The molecule has 1 aliphatic rings. The van der Waals surface area contributed by atoms with Gasteiger partial charge in [-0.05, 0) is 36.6 Å². The Morgan fingerprint density at radius 2 is 1.75 bits per heavy atom. The number of hydrogen-bond donors (Lipinski definition) is 2. The van der Waals surface area contributed by atoms with E-state index in [0.717, 1.165) is 24.1 Å². The lowest BCUT2D eigenvalue weighted by Crippen LogP contribution is -2.29. The zero-order chi connectivity index (χ0) is 19.7. The molecule has 4 rings (SSSR count). The molecular weight excluding hydrogens is 356 g/mol. The first kappa shape index (κ1) is 17.9. The van der Waals surface area contributed by atoms with E-state index >= 15 is 0 Å². The van der Waals surface area contributed by atoms with Crippen molar-refractivity contribution in [2.24, 2.45) is 13.0 Å². The van der Waals surface area contributed by atoms with Gasteiger partial charge in [0.25, 0.3) is 11.5 Å². The van der Waals surface area contributed by atoms with Gasteiger partial charge in [0.1, 0.15) is 0 Å². The first-order chi connectivity index (χ1) is 13.5. The Morgan fingerprint density at radius 1 is 1.07 bits per heavy atom. The van der Waals surface area contributed by atoms with E-state index in [1.54, 1.807) is 24.3 Å². The molecule has 1 aromatic heterocycles. The average Bonchev–Trinajstić information content (AvgIpc) is 3.55. The van der Waals surface area contributed by atoms with Gasteiger partial charge in [0.05, 0.1) is 5.39 Å². The smallest absolute Gasteiger partial charge is 0.274 e. The molecule has 0 spiro atoms. The van der Waals surface area contributed by atoms with Gasteiger partial charge in [0.15, 0.2) is 5.69 Å². The second kappa shape index (κ2) is 7.26. The molecule has 1 saturated carbocycles. The Labute approximate surface area is 161 Å². The van der Waals surface area contributed by atoms with Crippen molar-refractivity contribution < 1.29 is 9.59 Å². The largest absolute Gasteiger partial charge is 0.347 e. The van der Waals surface area contributed by atoms with E-state index in [4.69, 9.17) is 0 Å². The molecule has 0 aliphatic heterocycles. The molecule has 7 heteroatoms. The minimum Gasteiger partial charge on any atom is -0.347 e. The summed E-state index contributed by atoms with van der Waals surface area (Å²) in [6.45, 7) is 0.314. The van der Waals surface area contributed by atoms with Crippen molar-refractivity contribution in [2.45, 2.75) is 19.4 Å². The maximum atomic E-state index is 12.6. The van der Waals surface area contributed by atoms with E-state index in [9.17, 15) is 14.4 Å². The molecule has 1 heterocycles. The van der Waals surface area contributed by atoms with Gasteiger partial charge in [-0.2, -0.15) is 5.10 Å². The van der Waals surface area contributed by atoms with Crippen LogP contribution >= 0.6 is 0 Å². The number of fused-ring (bicyclic) bond motifs is 1. The van der Waals surface area contributed by atoms with Crippen LogP contribution in [-0.2, 0) is 18.4 Å². The second-order valence-electron chi connectivity index (χ2n) is 6.97. The van der Waals surface area contributed by atoms with E-state index < -0.39 is 0 Å². The summed E-state index contributed by atoms with van der Waals surface area (Å²) >= 11 is 0. The Morgan fingerprint density at radius 3 is 2.43 bits per heavy atom. The summed E-state index contributed by atoms with van der Waals surface area (Å²) < 4.78 is 1.18. The fourth-order valence-corrected chi connectivity index (χ4v) is 3.03.